The Bertz CT molecular complexity index is 457. The van der Waals surface area contributed by atoms with Crippen LogP contribution in [-0.4, -0.2) is 13.1 Å². The van der Waals surface area contributed by atoms with Crippen LogP contribution < -0.4 is 0 Å². The van der Waals surface area contributed by atoms with Crippen LogP contribution in [0.1, 0.15) is 77.6 Å². The molecule has 0 aromatic heterocycles. The average molecular weight is 300 g/mol. The largest absolute Gasteiger partial charge is 0.459 e. The van der Waals surface area contributed by atoms with Crippen LogP contribution >= 0.6 is 0 Å². The summed E-state index contributed by atoms with van der Waals surface area (Å²) in [7, 11) is 1.29. The number of carbonyl (C=O) groups excluding carboxylic acids is 1. The minimum Gasteiger partial charge on any atom is -0.459 e. The van der Waals surface area contributed by atoms with Gasteiger partial charge in [0.2, 0.25) is 0 Å². The van der Waals surface area contributed by atoms with Crippen LogP contribution in [0.2, 0.25) is 0 Å². The summed E-state index contributed by atoms with van der Waals surface area (Å²) in [5.74, 6) is 14.9. The topological polar surface area (TPSA) is 26.3 Å². The minimum absolute atomic E-state index is 0.576. The molecule has 0 rings (SSSR count). The van der Waals surface area contributed by atoms with E-state index in [1.54, 1.807) is 0 Å². The third-order valence-corrected chi connectivity index (χ3v) is 3.28. The lowest BCUT2D eigenvalue weighted by atomic mass is 10.1. The highest BCUT2D eigenvalue weighted by Crippen LogP contribution is 2.10. The molecule has 0 aliphatic carbocycles. The first kappa shape index (κ1) is 20.1. The van der Waals surface area contributed by atoms with Gasteiger partial charge in [-0.05, 0) is 30.1 Å². The number of ether oxygens (including phenoxy) is 1. The molecule has 0 bridgehead atoms. The minimum atomic E-state index is -0.576. The van der Waals surface area contributed by atoms with Crippen LogP contribution in [0.5, 0.6) is 0 Å². The third-order valence-electron chi connectivity index (χ3n) is 3.28. The molecular formula is C20H28O2. The van der Waals surface area contributed by atoms with Gasteiger partial charge in [0.15, 0.2) is 0 Å². The van der Waals surface area contributed by atoms with Gasteiger partial charge in [-0.2, -0.15) is 0 Å². The zero-order valence-corrected chi connectivity index (χ0v) is 14.1. The zero-order valence-electron chi connectivity index (χ0n) is 14.1. The molecule has 0 aromatic carbocycles. The van der Waals surface area contributed by atoms with Crippen molar-refractivity contribution < 1.29 is 9.53 Å². The normalized spacial score (nSPS) is 8.64. The molecule has 0 unspecified atom stereocenters. The van der Waals surface area contributed by atoms with Gasteiger partial charge in [-0.15, -0.1) is 0 Å². The van der Waals surface area contributed by atoms with Gasteiger partial charge >= 0.3 is 5.97 Å². The molecular weight excluding hydrogens is 272 g/mol. The molecule has 0 aliphatic heterocycles. The molecule has 0 fully saturated rings. The van der Waals surface area contributed by atoms with Gasteiger partial charge < -0.3 is 4.74 Å². The van der Waals surface area contributed by atoms with Gasteiger partial charge in [0, 0.05) is 12.3 Å². The second-order valence-electron chi connectivity index (χ2n) is 5.23. The van der Waals surface area contributed by atoms with Crippen LogP contribution in [0.25, 0.3) is 0 Å². The van der Waals surface area contributed by atoms with Crippen LogP contribution in [0.4, 0.5) is 0 Å². The second kappa shape index (κ2) is 17.2. The maximum Gasteiger partial charge on any atom is 0.385 e. The first-order chi connectivity index (χ1) is 10.8. The van der Waals surface area contributed by atoms with E-state index >= 15 is 0 Å². The van der Waals surface area contributed by atoms with Gasteiger partial charge in [0.1, 0.15) is 0 Å². The van der Waals surface area contributed by atoms with Crippen LogP contribution in [0, 0.1) is 35.5 Å². The summed E-state index contributed by atoms with van der Waals surface area (Å²) in [5, 5.41) is 0. The summed E-state index contributed by atoms with van der Waals surface area (Å²) < 4.78 is 4.36. The van der Waals surface area contributed by atoms with E-state index in [2.05, 4.69) is 47.2 Å². The van der Waals surface area contributed by atoms with E-state index in [1.165, 1.54) is 64.9 Å². The van der Waals surface area contributed by atoms with Crippen LogP contribution in [0.15, 0.2) is 0 Å². The highest BCUT2D eigenvalue weighted by Gasteiger charge is 1.91. The molecule has 0 radical (unpaired) electrons. The molecule has 0 aliphatic rings. The van der Waals surface area contributed by atoms with Crippen molar-refractivity contribution in [3.05, 3.63) is 0 Å². The number of unbranched alkanes of at least 4 members (excludes halogenated alkanes) is 10. The highest BCUT2D eigenvalue weighted by molar-refractivity contribution is 5.88. The fraction of sp³-hybridized carbons (Fsp3) is 0.650. The predicted octanol–water partition coefficient (Wildman–Crippen LogP) is 4.48. The lowest BCUT2D eigenvalue weighted by Crippen LogP contribution is -1.93. The van der Waals surface area contributed by atoms with Crippen molar-refractivity contribution in [1.82, 2.24) is 0 Å². The molecule has 0 amide bonds. The summed E-state index contributed by atoms with van der Waals surface area (Å²) in [6, 6.07) is 0. The molecule has 2 nitrogen and oxygen atoms in total. The van der Waals surface area contributed by atoms with Crippen molar-refractivity contribution >= 4 is 5.97 Å². The molecule has 0 atom stereocenters. The molecule has 0 saturated carbocycles. The standard InChI is InChI=1S/C20H28O2/c1-3-4-5-6-7-8-9-10-11-12-13-14-15-16-17-18-19-20(21)22-2/h3-13H2,1-2H3. The van der Waals surface area contributed by atoms with E-state index in [0.29, 0.717) is 0 Å². The number of carbonyl (C=O) groups is 1. The molecule has 0 N–H and O–H groups in total. The van der Waals surface area contributed by atoms with Gasteiger partial charge in [-0.25, -0.2) is 4.79 Å². The summed E-state index contributed by atoms with van der Waals surface area (Å²) in [6.07, 6.45) is 14.2. The van der Waals surface area contributed by atoms with Crippen LogP contribution in [-0.2, 0) is 9.53 Å². The van der Waals surface area contributed by atoms with Gasteiger partial charge in [0.05, 0.1) is 7.11 Å². The Labute approximate surface area is 136 Å². The monoisotopic (exact) mass is 300 g/mol. The Kier molecular flexibility index (Phi) is 15.8. The smallest absolute Gasteiger partial charge is 0.385 e. The lowest BCUT2D eigenvalue weighted by Gasteiger charge is -2.00. The van der Waals surface area contributed by atoms with E-state index in [0.717, 1.165) is 12.8 Å². The molecule has 0 aromatic rings. The van der Waals surface area contributed by atoms with Crippen molar-refractivity contribution in [3.8, 4) is 35.5 Å². The lowest BCUT2D eigenvalue weighted by molar-refractivity contribution is -0.133. The number of hydrogen-bond donors (Lipinski definition) is 0. The van der Waals surface area contributed by atoms with Crippen molar-refractivity contribution in [2.75, 3.05) is 7.11 Å². The van der Waals surface area contributed by atoms with E-state index in [4.69, 9.17) is 0 Å². The Balaban J connectivity index is 3.40. The van der Waals surface area contributed by atoms with Crippen molar-refractivity contribution in [1.29, 1.82) is 0 Å². The summed E-state index contributed by atoms with van der Waals surface area (Å²) in [5.41, 5.74) is 0. The first-order valence-electron chi connectivity index (χ1n) is 8.38. The maximum atomic E-state index is 10.7. The summed E-state index contributed by atoms with van der Waals surface area (Å²) in [6.45, 7) is 2.25. The Morgan fingerprint density at radius 2 is 1.32 bits per heavy atom. The Morgan fingerprint density at radius 3 is 1.91 bits per heavy atom. The average Bonchev–Trinajstić information content (AvgIpc) is 2.54. The van der Waals surface area contributed by atoms with Gasteiger partial charge in [-0.3, -0.25) is 0 Å². The van der Waals surface area contributed by atoms with Gasteiger partial charge in [-0.1, -0.05) is 70.6 Å². The van der Waals surface area contributed by atoms with Crippen LogP contribution in [0.3, 0.4) is 0 Å². The molecule has 2 heteroatoms. The molecule has 0 heterocycles. The SMILES string of the molecule is CCCCCCCCCCCCC#CC#CC#CC(=O)OC. The van der Waals surface area contributed by atoms with E-state index in [-0.39, 0.29) is 0 Å². The molecule has 120 valence electrons. The Hall–Kier alpha value is -1.85. The highest BCUT2D eigenvalue weighted by atomic mass is 16.5. The van der Waals surface area contributed by atoms with Crippen molar-refractivity contribution in [3.63, 3.8) is 0 Å². The van der Waals surface area contributed by atoms with Crippen molar-refractivity contribution in [2.24, 2.45) is 0 Å². The van der Waals surface area contributed by atoms with E-state index in [1.807, 2.05) is 0 Å². The van der Waals surface area contributed by atoms with E-state index in [9.17, 15) is 4.79 Å². The fourth-order valence-corrected chi connectivity index (χ4v) is 2.00. The Morgan fingerprint density at radius 1 is 0.773 bits per heavy atom. The van der Waals surface area contributed by atoms with Crippen molar-refractivity contribution in [2.45, 2.75) is 77.6 Å². The number of methoxy groups -OCH3 is 1. The zero-order chi connectivity index (χ0) is 16.3. The quantitative estimate of drug-likeness (QED) is 0.257. The first-order valence-corrected chi connectivity index (χ1v) is 8.38. The van der Waals surface area contributed by atoms with E-state index < -0.39 is 5.97 Å². The second-order valence-corrected chi connectivity index (χ2v) is 5.23. The predicted molar refractivity (Wildman–Crippen MR) is 91.8 cm³/mol. The maximum absolute atomic E-state index is 10.7. The summed E-state index contributed by atoms with van der Waals surface area (Å²) in [4.78, 5) is 10.7. The number of rotatable bonds is 10. The molecule has 0 spiro atoms. The number of hydrogen-bond acceptors (Lipinski definition) is 2. The molecule has 22 heavy (non-hydrogen) atoms. The summed E-state index contributed by atoms with van der Waals surface area (Å²) >= 11 is 0. The number of esters is 1. The molecule has 0 saturated heterocycles. The third kappa shape index (κ3) is 16.2. The van der Waals surface area contributed by atoms with Gasteiger partial charge in [0.25, 0.3) is 0 Å². The fourth-order valence-electron chi connectivity index (χ4n) is 2.00.